The van der Waals surface area contributed by atoms with E-state index in [0.717, 1.165) is 24.4 Å². The van der Waals surface area contributed by atoms with Crippen LogP contribution in [0.1, 0.15) is 18.2 Å². The van der Waals surface area contributed by atoms with E-state index in [1.807, 2.05) is 0 Å². The molecule has 2 nitrogen and oxygen atoms in total. The number of furan rings is 1. The lowest BCUT2D eigenvalue weighted by Gasteiger charge is -1.95. The maximum absolute atomic E-state index is 5.74. The zero-order chi connectivity index (χ0) is 9.97. The Labute approximate surface area is 83.9 Å². The Morgan fingerprint density at radius 1 is 1.36 bits per heavy atom. The summed E-state index contributed by atoms with van der Waals surface area (Å²) >= 11 is 0. The predicted octanol–water partition coefficient (Wildman–Crippen LogP) is 2.85. The number of fused-ring (bicyclic) bond motifs is 1. The van der Waals surface area contributed by atoms with E-state index in [-0.39, 0.29) is 0 Å². The van der Waals surface area contributed by atoms with Gasteiger partial charge in [0.2, 0.25) is 0 Å². The van der Waals surface area contributed by atoms with Crippen molar-refractivity contribution in [3.63, 3.8) is 0 Å². The summed E-state index contributed by atoms with van der Waals surface area (Å²) in [5.41, 5.74) is 2.21. The molecular weight excluding hydrogens is 174 g/mol. The first-order valence-electron chi connectivity index (χ1n) is 5.00. The first-order chi connectivity index (χ1) is 6.81. The number of hydrogen-bond acceptors (Lipinski definition) is 2. The van der Waals surface area contributed by atoms with Crippen LogP contribution in [0.15, 0.2) is 28.7 Å². The number of benzene rings is 1. The fraction of sp³-hybridized carbons (Fsp3) is 0.333. The molecule has 0 saturated heterocycles. The molecule has 0 spiro atoms. The van der Waals surface area contributed by atoms with Crippen molar-refractivity contribution in [3.05, 3.63) is 35.6 Å². The van der Waals surface area contributed by atoms with Crippen molar-refractivity contribution in [3.8, 4) is 0 Å². The zero-order valence-electron chi connectivity index (χ0n) is 8.63. The van der Waals surface area contributed by atoms with Crippen LogP contribution in [0.2, 0.25) is 0 Å². The summed E-state index contributed by atoms with van der Waals surface area (Å²) < 4.78 is 5.74. The molecule has 74 valence electrons. The molecule has 1 aromatic heterocycles. The summed E-state index contributed by atoms with van der Waals surface area (Å²) in [4.78, 5) is 0. The van der Waals surface area contributed by atoms with Crippen molar-refractivity contribution in [2.24, 2.45) is 0 Å². The molecule has 0 unspecified atom stereocenters. The summed E-state index contributed by atoms with van der Waals surface area (Å²) in [6.07, 6.45) is 0. The van der Waals surface area contributed by atoms with Crippen LogP contribution in [0.5, 0.6) is 0 Å². The van der Waals surface area contributed by atoms with Gasteiger partial charge in [0.15, 0.2) is 0 Å². The van der Waals surface area contributed by atoms with Crippen LogP contribution >= 0.6 is 0 Å². The first-order valence-corrected chi connectivity index (χ1v) is 5.00. The van der Waals surface area contributed by atoms with Gasteiger partial charge in [0, 0.05) is 5.39 Å². The van der Waals surface area contributed by atoms with Gasteiger partial charge in [0.1, 0.15) is 11.3 Å². The lowest BCUT2D eigenvalue weighted by atomic mass is 10.2. The topological polar surface area (TPSA) is 25.2 Å². The summed E-state index contributed by atoms with van der Waals surface area (Å²) in [5.74, 6) is 1.01. The van der Waals surface area contributed by atoms with Crippen molar-refractivity contribution in [1.82, 2.24) is 5.32 Å². The van der Waals surface area contributed by atoms with Gasteiger partial charge in [-0.25, -0.2) is 0 Å². The molecule has 0 atom stereocenters. The molecule has 2 heteroatoms. The summed E-state index contributed by atoms with van der Waals surface area (Å²) in [5, 5.41) is 4.44. The molecule has 0 radical (unpaired) electrons. The largest absolute Gasteiger partial charge is 0.459 e. The number of nitrogens with one attached hydrogen (secondary N) is 1. The van der Waals surface area contributed by atoms with Gasteiger partial charge in [0.25, 0.3) is 0 Å². The third kappa shape index (κ3) is 1.66. The minimum absolute atomic E-state index is 0.810. The van der Waals surface area contributed by atoms with Crippen molar-refractivity contribution < 1.29 is 4.42 Å². The minimum Gasteiger partial charge on any atom is -0.459 e. The molecule has 0 amide bonds. The fourth-order valence-electron chi connectivity index (χ4n) is 1.60. The average Bonchev–Trinajstić information content (AvgIpc) is 2.59. The Morgan fingerprint density at radius 3 is 2.93 bits per heavy atom. The monoisotopic (exact) mass is 189 g/mol. The molecule has 0 saturated carbocycles. The van der Waals surface area contributed by atoms with Crippen LogP contribution in [0.25, 0.3) is 11.0 Å². The van der Waals surface area contributed by atoms with Crippen molar-refractivity contribution in [2.75, 3.05) is 6.54 Å². The van der Waals surface area contributed by atoms with E-state index in [1.165, 1.54) is 10.9 Å². The highest BCUT2D eigenvalue weighted by Crippen LogP contribution is 2.22. The molecule has 0 aliphatic heterocycles. The average molecular weight is 189 g/mol. The maximum Gasteiger partial charge on any atom is 0.137 e. The van der Waals surface area contributed by atoms with Gasteiger partial charge >= 0.3 is 0 Å². The lowest BCUT2D eigenvalue weighted by molar-refractivity contribution is 0.518. The Bertz CT molecular complexity index is 431. The molecule has 2 rings (SSSR count). The van der Waals surface area contributed by atoms with E-state index in [4.69, 9.17) is 4.42 Å². The van der Waals surface area contributed by atoms with E-state index in [0.29, 0.717) is 0 Å². The predicted molar refractivity (Wildman–Crippen MR) is 58.3 cm³/mol. The minimum atomic E-state index is 0.810. The van der Waals surface area contributed by atoms with Gasteiger partial charge in [-0.1, -0.05) is 25.1 Å². The van der Waals surface area contributed by atoms with Gasteiger partial charge < -0.3 is 9.73 Å². The van der Waals surface area contributed by atoms with E-state index < -0.39 is 0 Å². The van der Waals surface area contributed by atoms with Crippen LogP contribution in [0.3, 0.4) is 0 Å². The first kappa shape index (κ1) is 9.28. The molecule has 1 aromatic carbocycles. The van der Waals surface area contributed by atoms with Gasteiger partial charge in [-0.2, -0.15) is 0 Å². The van der Waals surface area contributed by atoms with Crippen LogP contribution in [0, 0.1) is 6.92 Å². The second-order valence-electron chi connectivity index (χ2n) is 3.49. The summed E-state index contributed by atoms with van der Waals surface area (Å²) in [6.45, 7) is 5.94. The Hall–Kier alpha value is -1.28. The van der Waals surface area contributed by atoms with E-state index >= 15 is 0 Å². The number of aryl methyl sites for hydroxylation is 1. The maximum atomic E-state index is 5.74. The van der Waals surface area contributed by atoms with Crippen LogP contribution < -0.4 is 5.32 Å². The fourth-order valence-corrected chi connectivity index (χ4v) is 1.60. The Morgan fingerprint density at radius 2 is 2.21 bits per heavy atom. The number of rotatable bonds is 3. The standard InChI is InChI=1S/C12H15NO/c1-3-13-8-11-7-10-6-4-5-9(2)12(10)14-11/h4-7,13H,3,8H2,1-2H3. The highest BCUT2D eigenvalue weighted by molar-refractivity contribution is 5.80. The van der Waals surface area contributed by atoms with Crippen molar-refractivity contribution in [1.29, 1.82) is 0 Å². The summed E-state index contributed by atoms with van der Waals surface area (Å²) in [7, 11) is 0. The molecule has 1 N–H and O–H groups in total. The molecule has 0 aliphatic carbocycles. The molecule has 1 heterocycles. The number of para-hydroxylation sites is 1. The Kier molecular flexibility index (Phi) is 2.55. The third-order valence-corrected chi connectivity index (χ3v) is 2.34. The normalized spacial score (nSPS) is 11.0. The molecule has 14 heavy (non-hydrogen) atoms. The highest BCUT2D eigenvalue weighted by Gasteiger charge is 2.04. The second-order valence-corrected chi connectivity index (χ2v) is 3.49. The SMILES string of the molecule is CCNCc1cc2cccc(C)c2o1. The Balaban J connectivity index is 2.36. The van der Waals surface area contributed by atoms with Gasteiger partial charge in [-0.15, -0.1) is 0 Å². The van der Waals surface area contributed by atoms with E-state index in [2.05, 4.69) is 43.4 Å². The zero-order valence-corrected chi connectivity index (χ0v) is 8.63. The van der Waals surface area contributed by atoms with Crippen LogP contribution in [-0.2, 0) is 6.54 Å². The molecule has 0 bridgehead atoms. The van der Waals surface area contributed by atoms with Crippen molar-refractivity contribution >= 4 is 11.0 Å². The van der Waals surface area contributed by atoms with Gasteiger partial charge in [-0.05, 0) is 25.1 Å². The second kappa shape index (κ2) is 3.84. The highest BCUT2D eigenvalue weighted by atomic mass is 16.3. The molecule has 0 aliphatic rings. The third-order valence-electron chi connectivity index (χ3n) is 2.34. The molecule has 2 aromatic rings. The van der Waals surface area contributed by atoms with Crippen LogP contribution in [0.4, 0.5) is 0 Å². The van der Waals surface area contributed by atoms with E-state index in [1.54, 1.807) is 0 Å². The quantitative estimate of drug-likeness (QED) is 0.803. The van der Waals surface area contributed by atoms with Gasteiger partial charge in [-0.3, -0.25) is 0 Å². The van der Waals surface area contributed by atoms with E-state index in [9.17, 15) is 0 Å². The molecule has 0 fully saturated rings. The number of hydrogen-bond donors (Lipinski definition) is 1. The lowest BCUT2D eigenvalue weighted by Crippen LogP contribution is -2.10. The smallest absolute Gasteiger partial charge is 0.137 e. The summed E-state index contributed by atoms with van der Waals surface area (Å²) in [6, 6.07) is 8.32. The van der Waals surface area contributed by atoms with Crippen molar-refractivity contribution in [2.45, 2.75) is 20.4 Å². The van der Waals surface area contributed by atoms with Gasteiger partial charge in [0.05, 0.1) is 6.54 Å². The molecular formula is C12H15NO. The van der Waals surface area contributed by atoms with Crippen LogP contribution in [-0.4, -0.2) is 6.54 Å².